The molecule has 104 valence electrons. The number of nitrogen functional groups attached to an aromatic ring is 1. The molecule has 0 radical (unpaired) electrons. The Morgan fingerprint density at radius 1 is 1.26 bits per heavy atom. The van der Waals surface area contributed by atoms with E-state index in [9.17, 15) is 14.7 Å². The van der Waals surface area contributed by atoms with Crippen molar-refractivity contribution in [3.05, 3.63) is 18.2 Å². The van der Waals surface area contributed by atoms with Crippen molar-refractivity contribution >= 4 is 23.2 Å². The number of carbonyl (C=O) groups excluding carboxylic acids is 2. The molecule has 0 atom stereocenters. The minimum Gasteiger partial charge on any atom is -0.506 e. The van der Waals surface area contributed by atoms with E-state index < -0.39 is 0 Å². The van der Waals surface area contributed by atoms with E-state index in [-0.39, 0.29) is 24.1 Å². The maximum atomic E-state index is 11.2. The number of nitrogens with one attached hydrogen (secondary N) is 3. The second kappa shape index (κ2) is 7.10. The zero-order valence-corrected chi connectivity index (χ0v) is 10.7. The van der Waals surface area contributed by atoms with Gasteiger partial charge >= 0.3 is 0 Å². The highest BCUT2D eigenvalue weighted by Gasteiger charge is 2.01. The zero-order valence-electron chi connectivity index (χ0n) is 10.7. The molecule has 0 aliphatic carbocycles. The predicted octanol–water partition coefficient (Wildman–Crippen LogP) is -0.361. The quantitative estimate of drug-likeness (QED) is 0.274. The number of hydrogen-bond donors (Lipinski definition) is 5. The third kappa shape index (κ3) is 5.62. The lowest BCUT2D eigenvalue weighted by Crippen LogP contribution is -2.37. The molecular weight excluding hydrogens is 248 g/mol. The smallest absolute Gasteiger partial charge is 0.239 e. The average molecular weight is 266 g/mol. The number of benzene rings is 1. The maximum absolute atomic E-state index is 11.2. The average Bonchev–Trinajstić information content (AvgIpc) is 2.36. The van der Waals surface area contributed by atoms with Crippen molar-refractivity contribution in [2.24, 2.45) is 0 Å². The van der Waals surface area contributed by atoms with Gasteiger partial charge in [-0.05, 0) is 12.1 Å². The lowest BCUT2D eigenvalue weighted by atomic mass is 10.2. The molecule has 0 aliphatic rings. The van der Waals surface area contributed by atoms with Gasteiger partial charge in [0, 0.05) is 31.8 Å². The van der Waals surface area contributed by atoms with Crippen LogP contribution < -0.4 is 21.7 Å². The van der Waals surface area contributed by atoms with Gasteiger partial charge in [-0.1, -0.05) is 0 Å². The number of amides is 2. The van der Waals surface area contributed by atoms with Crippen molar-refractivity contribution in [2.45, 2.75) is 6.92 Å². The Balaban J connectivity index is 2.21. The van der Waals surface area contributed by atoms with Gasteiger partial charge in [0.2, 0.25) is 11.8 Å². The summed E-state index contributed by atoms with van der Waals surface area (Å²) in [6.07, 6.45) is 0. The fourth-order valence-corrected chi connectivity index (χ4v) is 1.33. The highest BCUT2D eigenvalue weighted by molar-refractivity contribution is 5.83. The first-order valence-corrected chi connectivity index (χ1v) is 5.82. The molecule has 0 unspecified atom stereocenters. The summed E-state index contributed by atoms with van der Waals surface area (Å²) >= 11 is 0. The molecule has 0 heterocycles. The van der Waals surface area contributed by atoms with E-state index in [1.54, 1.807) is 12.1 Å². The summed E-state index contributed by atoms with van der Waals surface area (Å²) in [4.78, 5) is 21.8. The molecule has 6 N–H and O–H groups in total. The normalized spacial score (nSPS) is 9.74. The molecule has 0 saturated heterocycles. The molecule has 1 aromatic carbocycles. The van der Waals surface area contributed by atoms with Crippen LogP contribution in [0.2, 0.25) is 0 Å². The lowest BCUT2D eigenvalue weighted by Gasteiger charge is -2.09. The Hall–Kier alpha value is -2.44. The number of phenolic OH excluding ortho intramolecular Hbond substituents is 1. The molecule has 1 rings (SSSR count). The van der Waals surface area contributed by atoms with Crippen molar-refractivity contribution in [2.75, 3.05) is 30.7 Å². The van der Waals surface area contributed by atoms with Crippen LogP contribution in [0.3, 0.4) is 0 Å². The van der Waals surface area contributed by atoms with Crippen molar-refractivity contribution < 1.29 is 14.7 Å². The number of rotatable bonds is 6. The molecule has 19 heavy (non-hydrogen) atoms. The molecule has 1 aromatic rings. The summed E-state index contributed by atoms with van der Waals surface area (Å²) in [7, 11) is 0. The van der Waals surface area contributed by atoms with Gasteiger partial charge in [-0.2, -0.15) is 0 Å². The molecule has 0 aliphatic heterocycles. The van der Waals surface area contributed by atoms with E-state index in [1.807, 2.05) is 0 Å². The van der Waals surface area contributed by atoms with Crippen LogP contribution in [0.4, 0.5) is 11.4 Å². The molecule has 0 saturated carbocycles. The van der Waals surface area contributed by atoms with Gasteiger partial charge < -0.3 is 26.8 Å². The first-order chi connectivity index (χ1) is 8.99. The van der Waals surface area contributed by atoms with Crippen molar-refractivity contribution in [3.8, 4) is 5.75 Å². The van der Waals surface area contributed by atoms with Crippen LogP contribution in [0.1, 0.15) is 6.92 Å². The summed E-state index contributed by atoms with van der Waals surface area (Å²) in [6, 6.07) is 4.83. The van der Waals surface area contributed by atoms with E-state index in [0.717, 1.165) is 0 Å². The van der Waals surface area contributed by atoms with Crippen LogP contribution in [0.25, 0.3) is 0 Å². The van der Waals surface area contributed by atoms with Crippen molar-refractivity contribution in [1.29, 1.82) is 0 Å². The highest BCUT2D eigenvalue weighted by atomic mass is 16.3. The van der Waals surface area contributed by atoms with Gasteiger partial charge in [0.25, 0.3) is 0 Å². The van der Waals surface area contributed by atoms with Crippen molar-refractivity contribution in [1.82, 2.24) is 10.6 Å². The van der Waals surface area contributed by atoms with Gasteiger partial charge in [-0.25, -0.2) is 0 Å². The summed E-state index contributed by atoms with van der Waals surface area (Å²) in [5.74, 6) is -0.484. The van der Waals surface area contributed by atoms with Crippen LogP contribution in [-0.2, 0) is 9.59 Å². The second-order valence-corrected chi connectivity index (χ2v) is 3.96. The first-order valence-electron chi connectivity index (χ1n) is 5.82. The summed E-state index contributed by atoms with van der Waals surface area (Å²) < 4.78 is 0. The van der Waals surface area contributed by atoms with Crippen LogP contribution in [0.15, 0.2) is 18.2 Å². The molecule has 0 spiro atoms. The number of carbonyl (C=O) groups is 2. The zero-order chi connectivity index (χ0) is 14.3. The highest BCUT2D eigenvalue weighted by Crippen LogP contribution is 2.23. The van der Waals surface area contributed by atoms with E-state index in [0.29, 0.717) is 24.5 Å². The molecule has 7 heteroatoms. The summed E-state index contributed by atoms with van der Waals surface area (Å²) in [5, 5.41) is 17.4. The van der Waals surface area contributed by atoms with E-state index in [4.69, 9.17) is 5.73 Å². The van der Waals surface area contributed by atoms with Crippen LogP contribution in [0, 0.1) is 0 Å². The number of aromatic hydroxyl groups is 1. The second-order valence-electron chi connectivity index (χ2n) is 3.96. The van der Waals surface area contributed by atoms with Crippen LogP contribution >= 0.6 is 0 Å². The summed E-state index contributed by atoms with van der Waals surface area (Å²) in [6.45, 7) is 2.22. The van der Waals surface area contributed by atoms with Crippen LogP contribution in [-0.4, -0.2) is 36.6 Å². The maximum Gasteiger partial charge on any atom is 0.239 e. The van der Waals surface area contributed by atoms with Gasteiger partial charge in [-0.3, -0.25) is 9.59 Å². The van der Waals surface area contributed by atoms with E-state index in [2.05, 4.69) is 16.0 Å². The fraction of sp³-hybridized carbons (Fsp3) is 0.333. The molecule has 0 fully saturated rings. The van der Waals surface area contributed by atoms with Gasteiger partial charge in [-0.15, -0.1) is 0 Å². The summed E-state index contributed by atoms with van der Waals surface area (Å²) in [5.41, 5.74) is 6.50. The van der Waals surface area contributed by atoms with Crippen molar-refractivity contribution in [3.63, 3.8) is 0 Å². The van der Waals surface area contributed by atoms with Gasteiger partial charge in [0.1, 0.15) is 5.75 Å². The minimum absolute atomic E-state index is 0.0136. The first kappa shape index (κ1) is 14.6. The van der Waals surface area contributed by atoms with Crippen LogP contribution in [0.5, 0.6) is 5.75 Å². The Morgan fingerprint density at radius 3 is 2.63 bits per heavy atom. The molecule has 0 aromatic heterocycles. The third-order valence-corrected chi connectivity index (χ3v) is 2.30. The molecule has 0 bridgehead atoms. The molecule has 2 amide bonds. The fourth-order valence-electron chi connectivity index (χ4n) is 1.33. The lowest BCUT2D eigenvalue weighted by molar-refractivity contribution is -0.124. The number of hydrogen-bond acceptors (Lipinski definition) is 5. The molecule has 7 nitrogen and oxygen atoms in total. The predicted molar refractivity (Wildman–Crippen MR) is 72.7 cm³/mol. The number of nitrogens with two attached hydrogens (primary N) is 1. The minimum atomic E-state index is -0.253. The Bertz CT molecular complexity index is 462. The SMILES string of the molecule is CC(=O)NCC(=O)NCCNc1ccc(N)c(O)c1. The Labute approximate surface area is 111 Å². The number of phenols is 1. The third-order valence-electron chi connectivity index (χ3n) is 2.30. The standard InChI is InChI=1S/C12H18N4O3/c1-8(17)16-7-12(19)15-5-4-14-9-2-3-10(13)11(18)6-9/h2-3,6,14,18H,4-5,7,13H2,1H3,(H,15,19)(H,16,17). The van der Waals surface area contributed by atoms with E-state index >= 15 is 0 Å². The Morgan fingerprint density at radius 2 is 2.00 bits per heavy atom. The van der Waals surface area contributed by atoms with E-state index in [1.165, 1.54) is 13.0 Å². The van der Waals surface area contributed by atoms with Gasteiger partial charge in [0.05, 0.1) is 12.2 Å². The molecular formula is C12H18N4O3. The topological polar surface area (TPSA) is 116 Å². The monoisotopic (exact) mass is 266 g/mol. The Kier molecular flexibility index (Phi) is 5.46. The van der Waals surface area contributed by atoms with Gasteiger partial charge in [0.15, 0.2) is 0 Å². The number of anilines is 2. The largest absolute Gasteiger partial charge is 0.506 e.